The Morgan fingerprint density at radius 2 is 1.48 bits per heavy atom. The Bertz CT molecular complexity index is 773. The molecule has 0 heterocycles. The molecular formula is C15H23N3O6S. The lowest BCUT2D eigenvalue weighted by Crippen LogP contribution is -1.98. The second-order valence-electron chi connectivity index (χ2n) is 4.92. The van der Waals surface area contributed by atoms with Crippen LogP contribution in [0.25, 0.3) is 0 Å². The van der Waals surface area contributed by atoms with E-state index in [1.807, 2.05) is 6.92 Å². The summed E-state index contributed by atoms with van der Waals surface area (Å²) in [6, 6.07) is 10.2. The van der Waals surface area contributed by atoms with Gasteiger partial charge in [-0.25, -0.2) is 0 Å². The van der Waals surface area contributed by atoms with Crippen molar-refractivity contribution in [1.29, 1.82) is 0 Å². The van der Waals surface area contributed by atoms with E-state index in [0.29, 0.717) is 23.5 Å². The van der Waals surface area contributed by atoms with Crippen molar-refractivity contribution in [2.24, 2.45) is 0 Å². The van der Waals surface area contributed by atoms with Gasteiger partial charge >= 0.3 is 10.4 Å². The van der Waals surface area contributed by atoms with Crippen LogP contribution in [0.1, 0.15) is 11.1 Å². The van der Waals surface area contributed by atoms with Gasteiger partial charge in [-0.2, -0.15) is 8.42 Å². The fraction of sp³-hybridized carbons (Fsp3) is 0.200. The maximum atomic E-state index is 8.88. The number of anilines is 3. The van der Waals surface area contributed by atoms with Gasteiger partial charge in [0.25, 0.3) is 0 Å². The molecule has 0 atom stereocenters. The van der Waals surface area contributed by atoms with Gasteiger partial charge in [0.2, 0.25) is 0 Å². The van der Waals surface area contributed by atoms with E-state index in [1.165, 1.54) is 0 Å². The minimum Gasteiger partial charge on any atom is -0.508 e. The van der Waals surface area contributed by atoms with Gasteiger partial charge in [-0.3, -0.25) is 9.11 Å². The molecule has 0 amide bonds. The van der Waals surface area contributed by atoms with Crippen LogP contribution in [-0.4, -0.2) is 34.3 Å². The molecule has 0 aromatic heterocycles. The highest BCUT2D eigenvalue weighted by Gasteiger charge is 1.97. The third-order valence-electron chi connectivity index (χ3n) is 2.80. The lowest BCUT2D eigenvalue weighted by molar-refractivity contribution is 0.300. The molecule has 0 saturated carbocycles. The molecule has 0 aliphatic rings. The predicted octanol–water partition coefficient (Wildman–Crippen LogP) is 1.02. The number of nitrogen functional groups attached to an aromatic ring is 3. The first-order chi connectivity index (χ1) is 11.4. The average molecular weight is 373 g/mol. The SMILES string of the molecule is Cc1cc(O)ccc1N.Nc1ccc(N)c(CCO)c1.O=S(=O)(O)O. The van der Waals surface area contributed by atoms with E-state index in [9.17, 15) is 0 Å². The topological polar surface area (TPSA) is 193 Å². The fourth-order valence-electron chi connectivity index (χ4n) is 1.62. The Hall–Kier alpha value is -2.53. The van der Waals surface area contributed by atoms with Gasteiger partial charge in [-0.1, -0.05) is 0 Å². The predicted molar refractivity (Wildman–Crippen MR) is 97.5 cm³/mol. The molecule has 0 aliphatic heterocycles. The van der Waals surface area contributed by atoms with E-state index >= 15 is 0 Å². The van der Waals surface area contributed by atoms with Gasteiger partial charge in [0, 0.05) is 23.7 Å². The van der Waals surface area contributed by atoms with Crippen LogP contribution in [0.15, 0.2) is 36.4 Å². The van der Waals surface area contributed by atoms with Crippen molar-refractivity contribution in [3.05, 3.63) is 47.5 Å². The van der Waals surface area contributed by atoms with E-state index in [4.69, 9.17) is 44.9 Å². The lowest BCUT2D eigenvalue weighted by atomic mass is 10.1. The third-order valence-corrected chi connectivity index (χ3v) is 2.80. The monoisotopic (exact) mass is 373 g/mol. The van der Waals surface area contributed by atoms with E-state index in [1.54, 1.807) is 36.4 Å². The molecule has 2 rings (SSSR count). The zero-order valence-corrected chi connectivity index (χ0v) is 14.4. The Labute approximate surface area is 146 Å². The van der Waals surface area contributed by atoms with E-state index in [-0.39, 0.29) is 12.4 Å². The van der Waals surface area contributed by atoms with Crippen LogP contribution in [0.2, 0.25) is 0 Å². The fourth-order valence-corrected chi connectivity index (χ4v) is 1.62. The van der Waals surface area contributed by atoms with Gasteiger partial charge in [0.1, 0.15) is 5.75 Å². The van der Waals surface area contributed by atoms with E-state index in [0.717, 1.165) is 11.1 Å². The smallest absolute Gasteiger partial charge is 0.394 e. The number of benzene rings is 2. The summed E-state index contributed by atoms with van der Waals surface area (Å²) in [6.07, 6.45) is 0.566. The summed E-state index contributed by atoms with van der Waals surface area (Å²) < 4.78 is 31.6. The largest absolute Gasteiger partial charge is 0.508 e. The summed E-state index contributed by atoms with van der Waals surface area (Å²) in [5.74, 6) is 0.265. The van der Waals surface area contributed by atoms with Crippen LogP contribution in [-0.2, 0) is 16.8 Å². The highest BCUT2D eigenvalue weighted by molar-refractivity contribution is 7.79. The minimum atomic E-state index is -4.67. The molecule has 0 bridgehead atoms. The zero-order valence-electron chi connectivity index (χ0n) is 13.6. The number of hydrogen-bond donors (Lipinski definition) is 7. The number of hydrogen-bond acceptors (Lipinski definition) is 7. The molecule has 0 fully saturated rings. The van der Waals surface area contributed by atoms with Crippen molar-refractivity contribution >= 4 is 27.5 Å². The summed E-state index contributed by atoms with van der Waals surface area (Å²) in [5.41, 5.74) is 20.5. The van der Waals surface area contributed by atoms with Crippen LogP contribution in [0.5, 0.6) is 5.75 Å². The second kappa shape index (κ2) is 10.4. The molecule has 25 heavy (non-hydrogen) atoms. The van der Waals surface area contributed by atoms with E-state index < -0.39 is 10.4 Å². The summed E-state index contributed by atoms with van der Waals surface area (Å²) >= 11 is 0. The van der Waals surface area contributed by atoms with Crippen LogP contribution in [0.3, 0.4) is 0 Å². The van der Waals surface area contributed by atoms with Gasteiger partial charge in [-0.05, 0) is 60.9 Å². The third kappa shape index (κ3) is 11.6. The van der Waals surface area contributed by atoms with Gasteiger partial charge in [0.15, 0.2) is 0 Å². The van der Waals surface area contributed by atoms with Crippen molar-refractivity contribution in [2.75, 3.05) is 23.8 Å². The van der Waals surface area contributed by atoms with Crippen molar-refractivity contribution in [1.82, 2.24) is 0 Å². The summed E-state index contributed by atoms with van der Waals surface area (Å²) in [5, 5.41) is 17.5. The zero-order chi connectivity index (χ0) is 19.6. The first kappa shape index (κ1) is 22.5. The molecule has 0 aliphatic carbocycles. The van der Waals surface area contributed by atoms with Crippen molar-refractivity contribution in [3.63, 3.8) is 0 Å². The second-order valence-corrected chi connectivity index (χ2v) is 5.82. The lowest BCUT2D eigenvalue weighted by Gasteiger charge is -2.03. The number of rotatable bonds is 2. The molecule has 10 N–H and O–H groups in total. The molecule has 10 heteroatoms. The maximum absolute atomic E-state index is 8.88. The highest BCUT2D eigenvalue weighted by atomic mass is 32.3. The molecule has 2 aromatic rings. The molecule has 0 spiro atoms. The summed E-state index contributed by atoms with van der Waals surface area (Å²) in [6.45, 7) is 1.96. The van der Waals surface area contributed by atoms with Gasteiger partial charge < -0.3 is 27.4 Å². The van der Waals surface area contributed by atoms with Crippen molar-refractivity contribution in [2.45, 2.75) is 13.3 Å². The Morgan fingerprint density at radius 1 is 0.960 bits per heavy atom. The molecule has 9 nitrogen and oxygen atoms in total. The van der Waals surface area contributed by atoms with Gasteiger partial charge in [-0.15, -0.1) is 0 Å². The average Bonchev–Trinajstić information content (AvgIpc) is 2.46. The van der Waals surface area contributed by atoms with Crippen LogP contribution < -0.4 is 17.2 Å². The normalized spacial score (nSPS) is 10.1. The first-order valence-corrected chi connectivity index (χ1v) is 8.33. The number of aliphatic hydroxyl groups excluding tert-OH is 1. The Kier molecular flexibility index (Phi) is 9.31. The quantitative estimate of drug-likeness (QED) is 0.228. The molecule has 2 aromatic carbocycles. The molecule has 140 valence electrons. The molecule has 0 unspecified atom stereocenters. The first-order valence-electron chi connectivity index (χ1n) is 6.93. The standard InChI is InChI=1S/C8H12N2O.C7H9NO.H2O4S/c9-7-1-2-8(10)6(5-7)3-4-11;1-5-4-6(9)2-3-7(5)8;1-5(2,3)4/h1-2,5,11H,3-4,9-10H2;2-4,9H,8H2,1H3;(H2,1,2,3,4). The van der Waals surface area contributed by atoms with Crippen LogP contribution in [0.4, 0.5) is 17.1 Å². The Morgan fingerprint density at radius 3 is 1.92 bits per heavy atom. The minimum absolute atomic E-state index is 0.105. The van der Waals surface area contributed by atoms with E-state index in [2.05, 4.69) is 0 Å². The Balaban J connectivity index is 0.000000372. The molecular weight excluding hydrogens is 350 g/mol. The summed E-state index contributed by atoms with van der Waals surface area (Å²) in [4.78, 5) is 0. The van der Waals surface area contributed by atoms with Crippen molar-refractivity contribution in [3.8, 4) is 5.75 Å². The van der Waals surface area contributed by atoms with Gasteiger partial charge in [0.05, 0.1) is 0 Å². The number of aromatic hydroxyl groups is 1. The number of aliphatic hydroxyl groups is 1. The number of phenolic OH excluding ortho intramolecular Hbond substituents is 1. The molecule has 0 radical (unpaired) electrons. The summed E-state index contributed by atoms with van der Waals surface area (Å²) in [7, 11) is -4.67. The number of phenols is 1. The van der Waals surface area contributed by atoms with Crippen molar-refractivity contribution < 1.29 is 27.7 Å². The molecule has 0 saturated heterocycles. The highest BCUT2D eigenvalue weighted by Crippen LogP contribution is 2.16. The van der Waals surface area contributed by atoms with Crippen LogP contribution >= 0.6 is 0 Å². The number of nitrogens with two attached hydrogens (primary N) is 3. The maximum Gasteiger partial charge on any atom is 0.394 e. The van der Waals surface area contributed by atoms with Crippen LogP contribution in [0, 0.1) is 6.92 Å². The number of aryl methyl sites for hydroxylation is 1.